The lowest BCUT2D eigenvalue weighted by molar-refractivity contribution is -0.0472. The molecule has 0 aromatic heterocycles. The van der Waals surface area contributed by atoms with E-state index in [1.807, 2.05) is 18.2 Å². The molecule has 0 spiro atoms. The molecule has 0 bridgehead atoms. The van der Waals surface area contributed by atoms with E-state index in [0.717, 1.165) is 35.3 Å². The maximum atomic E-state index is 5.76. The Balaban J connectivity index is 1.74. The average molecular weight is 289 g/mol. The van der Waals surface area contributed by atoms with Crippen molar-refractivity contribution in [3.8, 4) is 0 Å². The van der Waals surface area contributed by atoms with E-state index in [0.29, 0.717) is 0 Å². The molecule has 1 aromatic carbocycles. The number of benzene rings is 1. The minimum Gasteiger partial charge on any atom is -0.372 e. The van der Waals surface area contributed by atoms with Crippen molar-refractivity contribution in [1.82, 2.24) is 4.90 Å². The number of hydrogen-bond donors (Lipinski definition) is 0. The summed E-state index contributed by atoms with van der Waals surface area (Å²) in [6.45, 7) is 6.00. The topological polar surface area (TPSA) is 37.2 Å². The van der Waals surface area contributed by atoms with Gasteiger partial charge in [-0.15, -0.1) is 5.10 Å². The maximum absolute atomic E-state index is 5.76. The molecule has 2 heterocycles. The lowest BCUT2D eigenvalue weighted by Gasteiger charge is -2.37. The third-order valence-electron chi connectivity index (χ3n) is 3.39. The van der Waals surface area contributed by atoms with E-state index in [9.17, 15) is 0 Å². The predicted molar refractivity (Wildman–Crippen MR) is 84.5 cm³/mol. The Bertz CT molecular complexity index is 519. The predicted octanol–water partition coefficient (Wildman–Crippen LogP) is 2.60. The van der Waals surface area contributed by atoms with Crippen molar-refractivity contribution < 1.29 is 4.74 Å². The SMILES string of the molecule is CC1CN(C2=NN=C(c3ccccc3)CS2)CC(C)O1. The quantitative estimate of drug-likeness (QED) is 0.797. The molecule has 0 aliphatic carbocycles. The number of morpholine rings is 1. The standard InChI is InChI=1S/C15H19N3OS/c1-11-8-18(9-12(2)19-11)15-17-16-14(10-20-15)13-6-4-3-5-7-13/h3-7,11-12H,8-10H2,1-2H3. The molecule has 4 nitrogen and oxygen atoms in total. The second-order valence-corrected chi connectivity index (χ2v) is 6.19. The van der Waals surface area contributed by atoms with Gasteiger partial charge in [-0.05, 0) is 19.4 Å². The maximum Gasteiger partial charge on any atom is 0.186 e. The first kappa shape index (κ1) is 13.6. The summed E-state index contributed by atoms with van der Waals surface area (Å²) < 4.78 is 5.76. The highest BCUT2D eigenvalue weighted by Gasteiger charge is 2.26. The van der Waals surface area contributed by atoms with Gasteiger partial charge < -0.3 is 9.64 Å². The van der Waals surface area contributed by atoms with Crippen LogP contribution in [0.15, 0.2) is 40.5 Å². The zero-order chi connectivity index (χ0) is 13.9. The summed E-state index contributed by atoms with van der Waals surface area (Å²) in [5.41, 5.74) is 2.21. The van der Waals surface area contributed by atoms with E-state index in [1.54, 1.807) is 11.8 Å². The van der Waals surface area contributed by atoms with Crippen molar-refractivity contribution >= 4 is 22.6 Å². The molecule has 0 saturated carbocycles. The van der Waals surface area contributed by atoms with Crippen molar-refractivity contribution in [1.29, 1.82) is 0 Å². The Morgan fingerprint density at radius 2 is 1.80 bits per heavy atom. The van der Waals surface area contributed by atoms with Crippen molar-refractivity contribution in [3.63, 3.8) is 0 Å². The molecule has 0 radical (unpaired) electrons. The number of rotatable bonds is 1. The van der Waals surface area contributed by atoms with Crippen LogP contribution < -0.4 is 0 Å². The second-order valence-electron chi connectivity index (χ2n) is 5.25. The summed E-state index contributed by atoms with van der Waals surface area (Å²) in [6.07, 6.45) is 0.503. The van der Waals surface area contributed by atoms with Gasteiger partial charge in [0.25, 0.3) is 0 Å². The van der Waals surface area contributed by atoms with Gasteiger partial charge in [0, 0.05) is 18.8 Å². The van der Waals surface area contributed by atoms with Crippen LogP contribution in [0.25, 0.3) is 0 Å². The Kier molecular flexibility index (Phi) is 4.08. The summed E-state index contributed by atoms with van der Waals surface area (Å²) >= 11 is 1.77. The molecule has 0 amide bonds. The van der Waals surface area contributed by atoms with Gasteiger partial charge in [0.05, 0.1) is 17.9 Å². The summed E-state index contributed by atoms with van der Waals surface area (Å²) in [5, 5.41) is 9.85. The highest BCUT2D eigenvalue weighted by Crippen LogP contribution is 2.21. The Labute approximate surface area is 123 Å². The fraction of sp³-hybridized carbons (Fsp3) is 0.467. The number of amidine groups is 1. The normalized spacial score (nSPS) is 27.0. The van der Waals surface area contributed by atoms with Crippen LogP contribution in [0.1, 0.15) is 19.4 Å². The van der Waals surface area contributed by atoms with Crippen LogP contribution in [-0.2, 0) is 4.74 Å². The van der Waals surface area contributed by atoms with Crippen LogP contribution in [0.4, 0.5) is 0 Å². The first-order valence-corrected chi connectivity index (χ1v) is 7.94. The van der Waals surface area contributed by atoms with Crippen LogP contribution in [-0.4, -0.2) is 46.8 Å². The van der Waals surface area contributed by atoms with E-state index in [4.69, 9.17) is 4.74 Å². The summed E-state index contributed by atoms with van der Waals surface area (Å²) in [6, 6.07) is 10.3. The molecule has 0 N–H and O–H groups in total. The van der Waals surface area contributed by atoms with Gasteiger partial charge >= 0.3 is 0 Å². The molecule has 2 aliphatic heterocycles. The lowest BCUT2D eigenvalue weighted by atomic mass is 10.1. The van der Waals surface area contributed by atoms with Crippen molar-refractivity contribution in [2.75, 3.05) is 18.8 Å². The zero-order valence-corrected chi connectivity index (χ0v) is 12.6. The molecule has 1 fully saturated rings. The van der Waals surface area contributed by atoms with Gasteiger partial charge in [-0.3, -0.25) is 0 Å². The van der Waals surface area contributed by atoms with Crippen LogP contribution in [0.3, 0.4) is 0 Å². The molecule has 2 unspecified atom stereocenters. The second kappa shape index (κ2) is 5.97. The summed E-state index contributed by atoms with van der Waals surface area (Å²) in [5.74, 6) is 0.878. The van der Waals surface area contributed by atoms with E-state index < -0.39 is 0 Å². The Hall–Kier alpha value is -1.33. The highest BCUT2D eigenvalue weighted by molar-refractivity contribution is 8.14. The molecule has 2 atom stereocenters. The molecule has 3 rings (SSSR count). The lowest BCUT2D eigenvalue weighted by Crippen LogP contribution is -2.47. The van der Waals surface area contributed by atoms with Crippen molar-refractivity contribution in [2.24, 2.45) is 10.2 Å². The minimum atomic E-state index is 0.251. The van der Waals surface area contributed by atoms with E-state index in [1.165, 1.54) is 0 Å². The van der Waals surface area contributed by atoms with Gasteiger partial charge in [0.15, 0.2) is 5.17 Å². The van der Waals surface area contributed by atoms with Crippen molar-refractivity contribution in [2.45, 2.75) is 26.1 Å². The smallest absolute Gasteiger partial charge is 0.186 e. The Morgan fingerprint density at radius 3 is 2.40 bits per heavy atom. The largest absolute Gasteiger partial charge is 0.372 e. The third-order valence-corrected chi connectivity index (χ3v) is 4.41. The van der Waals surface area contributed by atoms with Crippen LogP contribution in [0.5, 0.6) is 0 Å². The van der Waals surface area contributed by atoms with Crippen LogP contribution in [0, 0.1) is 0 Å². The molecule has 20 heavy (non-hydrogen) atoms. The molecule has 106 valence electrons. The van der Waals surface area contributed by atoms with Crippen molar-refractivity contribution in [3.05, 3.63) is 35.9 Å². The number of ether oxygens (including phenoxy) is 1. The van der Waals surface area contributed by atoms with Gasteiger partial charge in [-0.2, -0.15) is 5.10 Å². The van der Waals surface area contributed by atoms with Gasteiger partial charge in [-0.25, -0.2) is 0 Å². The van der Waals surface area contributed by atoms with Gasteiger partial charge in [-0.1, -0.05) is 42.1 Å². The van der Waals surface area contributed by atoms with E-state index in [-0.39, 0.29) is 12.2 Å². The fourth-order valence-corrected chi connectivity index (χ4v) is 3.47. The molecular weight excluding hydrogens is 270 g/mol. The molecule has 1 saturated heterocycles. The average Bonchev–Trinajstić information content (AvgIpc) is 2.47. The Morgan fingerprint density at radius 1 is 1.10 bits per heavy atom. The van der Waals surface area contributed by atoms with Crippen LogP contribution in [0.2, 0.25) is 0 Å². The first-order chi connectivity index (χ1) is 9.72. The number of nitrogens with zero attached hydrogens (tertiary/aromatic N) is 3. The van der Waals surface area contributed by atoms with Crippen LogP contribution >= 0.6 is 11.8 Å². The molecule has 5 heteroatoms. The summed E-state index contributed by atoms with van der Waals surface area (Å²) in [4.78, 5) is 2.29. The van der Waals surface area contributed by atoms with E-state index in [2.05, 4.69) is 41.1 Å². The molecular formula is C15H19N3OS. The van der Waals surface area contributed by atoms with Gasteiger partial charge in [0.1, 0.15) is 0 Å². The van der Waals surface area contributed by atoms with E-state index >= 15 is 0 Å². The zero-order valence-electron chi connectivity index (χ0n) is 11.8. The third kappa shape index (κ3) is 3.04. The monoisotopic (exact) mass is 289 g/mol. The number of hydrogen-bond acceptors (Lipinski definition) is 5. The molecule has 1 aromatic rings. The van der Waals surface area contributed by atoms with Gasteiger partial charge in [0.2, 0.25) is 0 Å². The number of thioether (sulfide) groups is 1. The fourth-order valence-electron chi connectivity index (χ4n) is 2.55. The first-order valence-electron chi connectivity index (χ1n) is 6.95. The highest BCUT2D eigenvalue weighted by atomic mass is 32.2. The minimum absolute atomic E-state index is 0.251. The summed E-state index contributed by atoms with van der Waals surface area (Å²) in [7, 11) is 0. The molecule has 2 aliphatic rings.